The average Bonchev–Trinajstić information content (AvgIpc) is 2.63. The van der Waals surface area contributed by atoms with Crippen molar-refractivity contribution in [2.24, 2.45) is 5.92 Å². The molecular weight excluding hydrogens is 250 g/mol. The van der Waals surface area contributed by atoms with Crippen LogP contribution in [0.4, 0.5) is 11.5 Å². The summed E-state index contributed by atoms with van der Waals surface area (Å²) < 4.78 is 0. The molecule has 2 atom stereocenters. The van der Waals surface area contributed by atoms with Gasteiger partial charge in [0.25, 0.3) is 0 Å². The van der Waals surface area contributed by atoms with Crippen LogP contribution in [-0.2, 0) is 4.79 Å². The first-order chi connectivity index (χ1) is 8.74. The predicted octanol–water partition coefficient (Wildman–Crippen LogP) is 3.05. The lowest BCUT2D eigenvalue weighted by Crippen LogP contribution is -2.34. The SMILES string of the molecule is O=C1Nc2cc(Cl)cnc2NC2CCCCCC12. The Morgan fingerprint density at radius 2 is 2.11 bits per heavy atom. The molecule has 0 aromatic carbocycles. The molecule has 3 rings (SSSR count). The van der Waals surface area contributed by atoms with Crippen LogP contribution in [0.1, 0.15) is 32.1 Å². The van der Waals surface area contributed by atoms with Gasteiger partial charge in [0.05, 0.1) is 16.6 Å². The topological polar surface area (TPSA) is 54.0 Å². The average molecular weight is 266 g/mol. The van der Waals surface area contributed by atoms with Gasteiger partial charge in [0.1, 0.15) is 5.82 Å². The highest BCUT2D eigenvalue weighted by Gasteiger charge is 2.33. The number of nitrogens with one attached hydrogen (secondary N) is 2. The second-order valence-electron chi connectivity index (χ2n) is 5.03. The van der Waals surface area contributed by atoms with E-state index in [9.17, 15) is 4.79 Å². The zero-order valence-electron chi connectivity index (χ0n) is 10.1. The van der Waals surface area contributed by atoms with Crippen LogP contribution in [0.15, 0.2) is 12.3 Å². The van der Waals surface area contributed by atoms with Crippen molar-refractivity contribution in [1.82, 2.24) is 4.98 Å². The molecule has 1 fully saturated rings. The molecule has 18 heavy (non-hydrogen) atoms. The van der Waals surface area contributed by atoms with E-state index >= 15 is 0 Å². The van der Waals surface area contributed by atoms with E-state index in [-0.39, 0.29) is 17.9 Å². The summed E-state index contributed by atoms with van der Waals surface area (Å²) in [6.45, 7) is 0. The van der Waals surface area contributed by atoms with Gasteiger partial charge in [0.2, 0.25) is 5.91 Å². The van der Waals surface area contributed by atoms with Crippen LogP contribution in [0.25, 0.3) is 0 Å². The van der Waals surface area contributed by atoms with E-state index in [0.29, 0.717) is 10.7 Å². The second-order valence-corrected chi connectivity index (χ2v) is 5.47. The number of hydrogen-bond donors (Lipinski definition) is 2. The molecule has 1 aromatic rings. The standard InChI is InChI=1S/C13H16ClN3O/c14-8-6-11-12(15-7-8)16-10-5-3-1-2-4-9(10)13(18)17-11/h6-7,9-10H,1-5H2,(H,15,16)(H,17,18). The maximum Gasteiger partial charge on any atom is 0.229 e. The predicted molar refractivity (Wildman–Crippen MR) is 71.9 cm³/mol. The lowest BCUT2D eigenvalue weighted by atomic mass is 9.94. The third kappa shape index (κ3) is 2.17. The number of aromatic nitrogens is 1. The molecule has 4 nitrogen and oxygen atoms in total. The molecule has 2 N–H and O–H groups in total. The van der Waals surface area contributed by atoms with Gasteiger partial charge in [-0.05, 0) is 18.9 Å². The Kier molecular flexibility index (Phi) is 3.12. The highest BCUT2D eigenvalue weighted by atomic mass is 35.5. The summed E-state index contributed by atoms with van der Waals surface area (Å²) in [4.78, 5) is 16.5. The first-order valence-electron chi connectivity index (χ1n) is 6.47. The number of carbonyl (C=O) groups is 1. The minimum Gasteiger partial charge on any atom is -0.365 e. The monoisotopic (exact) mass is 265 g/mol. The fourth-order valence-electron chi connectivity index (χ4n) is 2.84. The molecule has 2 heterocycles. The van der Waals surface area contributed by atoms with Gasteiger partial charge in [0, 0.05) is 12.2 Å². The van der Waals surface area contributed by atoms with E-state index in [1.807, 2.05) is 0 Å². The van der Waals surface area contributed by atoms with Crippen molar-refractivity contribution in [2.45, 2.75) is 38.1 Å². The highest BCUT2D eigenvalue weighted by molar-refractivity contribution is 6.31. The van der Waals surface area contributed by atoms with Crippen LogP contribution in [-0.4, -0.2) is 16.9 Å². The molecule has 2 unspecified atom stereocenters. The summed E-state index contributed by atoms with van der Waals surface area (Å²) in [5.41, 5.74) is 0.695. The third-order valence-electron chi connectivity index (χ3n) is 3.79. The van der Waals surface area contributed by atoms with Gasteiger partial charge in [0.15, 0.2) is 0 Å². The van der Waals surface area contributed by atoms with Gasteiger partial charge in [-0.25, -0.2) is 4.98 Å². The number of carbonyl (C=O) groups excluding carboxylic acids is 1. The summed E-state index contributed by atoms with van der Waals surface area (Å²) >= 11 is 5.92. The summed E-state index contributed by atoms with van der Waals surface area (Å²) in [5, 5.41) is 6.89. The maximum atomic E-state index is 12.3. The Morgan fingerprint density at radius 1 is 1.28 bits per heavy atom. The molecule has 1 amide bonds. The largest absolute Gasteiger partial charge is 0.365 e. The van der Waals surface area contributed by atoms with Crippen molar-refractivity contribution < 1.29 is 4.79 Å². The van der Waals surface area contributed by atoms with Gasteiger partial charge in [-0.15, -0.1) is 0 Å². The Hall–Kier alpha value is -1.29. The first-order valence-corrected chi connectivity index (χ1v) is 6.85. The van der Waals surface area contributed by atoms with Crippen LogP contribution < -0.4 is 10.6 Å². The first kappa shape index (κ1) is 11.8. The third-order valence-corrected chi connectivity index (χ3v) is 3.99. The maximum absolute atomic E-state index is 12.3. The molecule has 2 aliphatic rings. The van der Waals surface area contributed by atoms with Gasteiger partial charge < -0.3 is 10.6 Å². The second kappa shape index (κ2) is 4.76. The molecule has 1 saturated carbocycles. The van der Waals surface area contributed by atoms with Gasteiger partial charge in [-0.1, -0.05) is 30.9 Å². The summed E-state index contributed by atoms with van der Waals surface area (Å²) in [5.74, 6) is 0.875. The van der Waals surface area contributed by atoms with Crippen LogP contribution in [0.3, 0.4) is 0 Å². The molecule has 1 aliphatic carbocycles. The van der Waals surface area contributed by atoms with Crippen LogP contribution in [0.5, 0.6) is 0 Å². The van der Waals surface area contributed by atoms with E-state index < -0.39 is 0 Å². The Balaban J connectivity index is 1.95. The van der Waals surface area contributed by atoms with Gasteiger partial charge in [-0.3, -0.25) is 4.79 Å². The number of amides is 1. The minimum absolute atomic E-state index is 0.0421. The van der Waals surface area contributed by atoms with E-state index in [0.717, 1.165) is 25.1 Å². The zero-order valence-corrected chi connectivity index (χ0v) is 10.8. The van der Waals surface area contributed by atoms with Crippen molar-refractivity contribution in [2.75, 3.05) is 10.6 Å². The zero-order chi connectivity index (χ0) is 12.5. The smallest absolute Gasteiger partial charge is 0.229 e. The number of fused-ring (bicyclic) bond motifs is 2. The summed E-state index contributed by atoms with van der Waals surface area (Å²) in [6.07, 6.45) is 7.09. The van der Waals surface area contributed by atoms with Crippen LogP contribution >= 0.6 is 11.6 Å². The summed E-state index contributed by atoms with van der Waals surface area (Å²) in [7, 11) is 0. The lowest BCUT2D eigenvalue weighted by molar-refractivity contribution is -0.120. The van der Waals surface area contributed by atoms with Gasteiger partial charge in [-0.2, -0.15) is 0 Å². The number of rotatable bonds is 0. The van der Waals surface area contributed by atoms with Gasteiger partial charge >= 0.3 is 0 Å². The molecule has 1 aliphatic heterocycles. The quantitative estimate of drug-likeness (QED) is 0.758. The molecule has 0 bridgehead atoms. The minimum atomic E-state index is 0.0421. The van der Waals surface area contributed by atoms with Crippen LogP contribution in [0.2, 0.25) is 5.02 Å². The van der Waals surface area contributed by atoms with E-state index in [1.54, 1.807) is 12.3 Å². The van der Waals surface area contributed by atoms with Crippen molar-refractivity contribution >= 4 is 29.0 Å². The molecule has 0 radical (unpaired) electrons. The number of halogens is 1. The Labute approximate surface area is 111 Å². The normalized spacial score (nSPS) is 27.1. The highest BCUT2D eigenvalue weighted by Crippen LogP contribution is 2.33. The number of pyridine rings is 1. The van der Waals surface area contributed by atoms with Crippen molar-refractivity contribution in [3.05, 3.63) is 17.3 Å². The number of nitrogens with zero attached hydrogens (tertiary/aromatic N) is 1. The molecule has 0 spiro atoms. The Bertz CT molecular complexity index is 477. The number of anilines is 2. The number of hydrogen-bond acceptors (Lipinski definition) is 3. The molecule has 96 valence electrons. The molecule has 0 saturated heterocycles. The Morgan fingerprint density at radius 3 is 3.00 bits per heavy atom. The molecule has 5 heteroatoms. The lowest BCUT2D eigenvalue weighted by Gasteiger charge is -2.21. The van der Waals surface area contributed by atoms with E-state index in [2.05, 4.69) is 15.6 Å². The fraction of sp³-hybridized carbons (Fsp3) is 0.538. The van der Waals surface area contributed by atoms with Crippen molar-refractivity contribution in [3.63, 3.8) is 0 Å². The molecular formula is C13H16ClN3O. The fourth-order valence-corrected chi connectivity index (χ4v) is 3.00. The van der Waals surface area contributed by atoms with Crippen LogP contribution in [0, 0.1) is 5.92 Å². The summed E-state index contributed by atoms with van der Waals surface area (Å²) in [6, 6.07) is 1.95. The van der Waals surface area contributed by atoms with E-state index in [1.165, 1.54) is 12.8 Å². The molecule has 1 aromatic heterocycles. The van der Waals surface area contributed by atoms with Crippen molar-refractivity contribution in [1.29, 1.82) is 0 Å². The van der Waals surface area contributed by atoms with Crippen molar-refractivity contribution in [3.8, 4) is 0 Å². The van der Waals surface area contributed by atoms with E-state index in [4.69, 9.17) is 11.6 Å².